The van der Waals surface area contributed by atoms with Crippen LogP contribution in [0, 0.1) is 11.2 Å². The molecule has 33 heavy (non-hydrogen) atoms. The van der Waals surface area contributed by atoms with E-state index >= 15 is 0 Å². The summed E-state index contributed by atoms with van der Waals surface area (Å²) >= 11 is 0. The number of carbonyl (C=O) groups is 2. The number of nitrogens with one attached hydrogen (secondary N) is 1. The van der Waals surface area contributed by atoms with Gasteiger partial charge in [-0.15, -0.1) is 0 Å². The number of fused-ring (bicyclic) bond motifs is 1. The average Bonchev–Trinajstić information content (AvgIpc) is 2.78. The molecule has 3 atom stereocenters. The number of hydrogen-bond acceptors (Lipinski definition) is 4. The highest BCUT2D eigenvalue weighted by molar-refractivity contribution is 6.02. The predicted octanol–water partition coefficient (Wildman–Crippen LogP) is 4.31. The van der Waals surface area contributed by atoms with Gasteiger partial charge in [0.1, 0.15) is 5.82 Å². The first-order valence-corrected chi connectivity index (χ1v) is 11.5. The summed E-state index contributed by atoms with van der Waals surface area (Å²) in [5, 5.41) is 2.90. The Morgan fingerprint density at radius 3 is 2.61 bits per heavy atom. The van der Waals surface area contributed by atoms with E-state index in [1.807, 2.05) is 51.1 Å². The second-order valence-electron chi connectivity index (χ2n) is 9.63. The van der Waals surface area contributed by atoms with E-state index in [1.54, 1.807) is 6.07 Å². The molecule has 0 radical (unpaired) electrons. The maximum atomic E-state index is 14.5. The lowest BCUT2D eigenvalue weighted by Gasteiger charge is -2.51. The standard InChI is InChI=1S/C26H31FN4O2/c1-17(19-9-5-4-6-10-19)29-22(32)20-13-18(14-21(27)15-20)16-31-23(33)25(2)11-7-8-12-26(25,3)30-24(31)28/h4-6,9-10,13-15,17H,7-8,11-12,16H2,1-3H3,(H2,28,30)(H,29,32)/t17-,25+,26+/m0/s1. The zero-order chi connectivity index (χ0) is 23.8. The molecule has 1 fully saturated rings. The second-order valence-corrected chi connectivity index (χ2v) is 9.63. The van der Waals surface area contributed by atoms with E-state index in [1.165, 1.54) is 17.0 Å². The van der Waals surface area contributed by atoms with Crippen LogP contribution in [0.2, 0.25) is 0 Å². The molecule has 2 amide bonds. The zero-order valence-corrected chi connectivity index (χ0v) is 19.4. The first-order chi connectivity index (χ1) is 15.6. The molecule has 2 aliphatic rings. The predicted molar refractivity (Wildman–Crippen MR) is 126 cm³/mol. The number of benzene rings is 2. The molecule has 174 valence electrons. The van der Waals surface area contributed by atoms with Crippen LogP contribution in [0.4, 0.5) is 4.39 Å². The highest BCUT2D eigenvalue weighted by Gasteiger charge is 2.56. The van der Waals surface area contributed by atoms with Gasteiger partial charge in [-0.25, -0.2) is 9.38 Å². The molecule has 6 nitrogen and oxygen atoms in total. The number of rotatable bonds is 5. The molecular weight excluding hydrogens is 419 g/mol. The third kappa shape index (κ3) is 4.24. The molecule has 0 spiro atoms. The fourth-order valence-corrected chi connectivity index (χ4v) is 5.04. The van der Waals surface area contributed by atoms with Gasteiger partial charge in [0.2, 0.25) is 5.91 Å². The monoisotopic (exact) mass is 450 g/mol. The minimum absolute atomic E-state index is 0.0616. The van der Waals surface area contributed by atoms with Gasteiger partial charge < -0.3 is 11.1 Å². The van der Waals surface area contributed by atoms with E-state index < -0.39 is 16.8 Å². The number of amides is 2. The highest BCUT2D eigenvalue weighted by atomic mass is 19.1. The van der Waals surface area contributed by atoms with Crippen LogP contribution >= 0.6 is 0 Å². The smallest absolute Gasteiger partial charge is 0.251 e. The summed E-state index contributed by atoms with van der Waals surface area (Å²) in [5.74, 6) is -0.871. The number of carbonyl (C=O) groups excluding carboxylic acids is 2. The maximum Gasteiger partial charge on any atom is 0.251 e. The van der Waals surface area contributed by atoms with Crippen molar-refractivity contribution in [3.8, 4) is 0 Å². The van der Waals surface area contributed by atoms with Gasteiger partial charge in [0.05, 0.1) is 23.5 Å². The van der Waals surface area contributed by atoms with Crippen molar-refractivity contribution in [3.05, 3.63) is 71.0 Å². The van der Waals surface area contributed by atoms with Crippen LogP contribution < -0.4 is 11.1 Å². The van der Waals surface area contributed by atoms with Gasteiger partial charge in [-0.05, 0) is 62.9 Å². The van der Waals surface area contributed by atoms with Crippen LogP contribution in [-0.2, 0) is 11.3 Å². The third-order valence-electron chi connectivity index (χ3n) is 7.34. The average molecular weight is 451 g/mol. The first-order valence-electron chi connectivity index (χ1n) is 11.5. The normalized spacial score (nSPS) is 25.8. The van der Waals surface area contributed by atoms with Gasteiger partial charge in [0, 0.05) is 5.56 Å². The molecular formula is C26H31FN4O2. The summed E-state index contributed by atoms with van der Waals surface area (Å²) in [5.41, 5.74) is 6.68. The molecule has 1 saturated carbocycles. The molecule has 0 aromatic heterocycles. The Kier molecular flexibility index (Phi) is 5.99. The summed E-state index contributed by atoms with van der Waals surface area (Å²) in [7, 11) is 0. The zero-order valence-electron chi connectivity index (χ0n) is 19.4. The Morgan fingerprint density at radius 1 is 1.18 bits per heavy atom. The molecule has 0 saturated heterocycles. The largest absolute Gasteiger partial charge is 0.369 e. The highest BCUT2D eigenvalue weighted by Crippen LogP contribution is 2.49. The maximum absolute atomic E-state index is 14.5. The fourth-order valence-electron chi connectivity index (χ4n) is 5.04. The molecule has 1 heterocycles. The van der Waals surface area contributed by atoms with E-state index in [2.05, 4.69) is 5.32 Å². The fraction of sp³-hybridized carbons (Fsp3) is 0.423. The summed E-state index contributed by atoms with van der Waals surface area (Å²) < 4.78 is 14.5. The summed E-state index contributed by atoms with van der Waals surface area (Å²) in [4.78, 5) is 32.5. The van der Waals surface area contributed by atoms with E-state index in [0.717, 1.165) is 31.2 Å². The quantitative estimate of drug-likeness (QED) is 0.711. The lowest BCUT2D eigenvalue weighted by molar-refractivity contribution is -0.145. The molecule has 1 aliphatic carbocycles. The Hall–Kier alpha value is -3.22. The van der Waals surface area contributed by atoms with Crippen LogP contribution in [0.3, 0.4) is 0 Å². The topological polar surface area (TPSA) is 87.8 Å². The van der Waals surface area contributed by atoms with Gasteiger partial charge in [-0.3, -0.25) is 14.5 Å². The van der Waals surface area contributed by atoms with E-state index in [-0.39, 0.29) is 35.9 Å². The number of aliphatic imine (C=N–C) groups is 1. The van der Waals surface area contributed by atoms with Crippen molar-refractivity contribution in [2.45, 2.75) is 64.6 Å². The Morgan fingerprint density at radius 2 is 1.88 bits per heavy atom. The molecule has 3 N–H and O–H groups in total. The van der Waals surface area contributed by atoms with Crippen molar-refractivity contribution < 1.29 is 14.0 Å². The number of nitrogens with zero attached hydrogens (tertiary/aromatic N) is 2. The minimum Gasteiger partial charge on any atom is -0.369 e. The number of halogens is 1. The summed E-state index contributed by atoms with van der Waals surface area (Å²) in [6, 6.07) is 13.5. The Labute approximate surface area is 194 Å². The molecule has 4 rings (SSSR count). The summed E-state index contributed by atoms with van der Waals surface area (Å²) in [6.07, 6.45) is 3.53. The van der Waals surface area contributed by atoms with Crippen LogP contribution in [-0.4, -0.2) is 28.2 Å². The molecule has 1 aliphatic heterocycles. The second kappa shape index (κ2) is 8.61. The number of hydrogen-bond donors (Lipinski definition) is 2. The molecule has 2 aromatic rings. The third-order valence-corrected chi connectivity index (χ3v) is 7.34. The van der Waals surface area contributed by atoms with Gasteiger partial charge >= 0.3 is 0 Å². The number of guanidine groups is 1. The van der Waals surface area contributed by atoms with Crippen molar-refractivity contribution >= 4 is 17.8 Å². The SMILES string of the molecule is C[C@H](NC(=O)c1cc(F)cc(CN2C(=O)[C@@]3(C)CCCC[C@@]3(C)N=C2N)c1)c1ccccc1. The van der Waals surface area contributed by atoms with Crippen molar-refractivity contribution in [2.24, 2.45) is 16.1 Å². The van der Waals surface area contributed by atoms with Gasteiger partial charge in [0.15, 0.2) is 5.96 Å². The minimum atomic E-state index is -0.646. The Balaban J connectivity index is 1.56. The van der Waals surface area contributed by atoms with Crippen molar-refractivity contribution in [1.82, 2.24) is 10.2 Å². The van der Waals surface area contributed by atoms with Crippen molar-refractivity contribution in [1.29, 1.82) is 0 Å². The summed E-state index contributed by atoms with van der Waals surface area (Å²) in [6.45, 7) is 5.88. The first kappa shape index (κ1) is 23.0. The van der Waals surface area contributed by atoms with Gasteiger partial charge in [0.25, 0.3) is 5.91 Å². The molecule has 0 bridgehead atoms. The van der Waals surface area contributed by atoms with Crippen molar-refractivity contribution in [2.75, 3.05) is 0 Å². The molecule has 0 unspecified atom stereocenters. The van der Waals surface area contributed by atoms with Crippen LogP contribution in [0.25, 0.3) is 0 Å². The van der Waals surface area contributed by atoms with Crippen LogP contribution in [0.5, 0.6) is 0 Å². The molecule has 2 aromatic carbocycles. The lowest BCUT2D eigenvalue weighted by atomic mass is 9.61. The van der Waals surface area contributed by atoms with E-state index in [9.17, 15) is 14.0 Å². The van der Waals surface area contributed by atoms with Crippen LogP contribution in [0.15, 0.2) is 53.5 Å². The van der Waals surface area contributed by atoms with Crippen LogP contribution in [0.1, 0.15) is 74.0 Å². The van der Waals surface area contributed by atoms with Gasteiger partial charge in [-0.1, -0.05) is 43.2 Å². The lowest BCUT2D eigenvalue weighted by Crippen LogP contribution is -2.62. The van der Waals surface area contributed by atoms with Gasteiger partial charge in [-0.2, -0.15) is 0 Å². The number of nitrogens with two attached hydrogens (primary N) is 1. The van der Waals surface area contributed by atoms with E-state index in [4.69, 9.17) is 10.7 Å². The Bertz CT molecular complexity index is 1100. The van der Waals surface area contributed by atoms with E-state index in [0.29, 0.717) is 5.56 Å². The van der Waals surface area contributed by atoms with Crippen molar-refractivity contribution in [3.63, 3.8) is 0 Å². The molecule has 7 heteroatoms.